The van der Waals surface area contributed by atoms with Crippen molar-refractivity contribution >= 4 is 5.91 Å². The molecule has 8 heteroatoms. The average Bonchev–Trinajstić information content (AvgIpc) is 3.52. The van der Waals surface area contributed by atoms with Gasteiger partial charge in [0.25, 0.3) is 5.89 Å². The Kier molecular flexibility index (Phi) is 5.58. The fraction of sp³-hybridized carbons (Fsp3) is 0.385. The number of aliphatic hydroxyl groups excluding tert-OH is 1. The summed E-state index contributed by atoms with van der Waals surface area (Å²) in [5, 5.41) is 23.4. The molecule has 3 aromatic rings. The van der Waals surface area contributed by atoms with E-state index in [9.17, 15) is 15.2 Å². The lowest BCUT2D eigenvalue weighted by Crippen LogP contribution is -2.38. The molecular formula is C26H26N4O4. The molecule has 1 aliphatic heterocycles. The monoisotopic (exact) mass is 458 g/mol. The first-order chi connectivity index (χ1) is 16.4. The van der Waals surface area contributed by atoms with Crippen LogP contribution in [0.2, 0.25) is 0 Å². The van der Waals surface area contributed by atoms with Crippen LogP contribution >= 0.6 is 0 Å². The van der Waals surface area contributed by atoms with Gasteiger partial charge in [-0.05, 0) is 62.4 Å². The van der Waals surface area contributed by atoms with Gasteiger partial charge in [0.2, 0.25) is 11.7 Å². The highest BCUT2D eigenvalue weighted by Gasteiger charge is 2.47. The second-order valence-electron chi connectivity index (χ2n) is 9.23. The van der Waals surface area contributed by atoms with Gasteiger partial charge in [0.15, 0.2) is 0 Å². The normalized spacial score (nSPS) is 19.8. The van der Waals surface area contributed by atoms with Gasteiger partial charge in [-0.25, -0.2) is 0 Å². The summed E-state index contributed by atoms with van der Waals surface area (Å²) in [6.45, 7) is 5.63. The average molecular weight is 459 g/mol. The van der Waals surface area contributed by atoms with E-state index in [4.69, 9.17) is 9.26 Å². The molecule has 0 radical (unpaired) electrons. The summed E-state index contributed by atoms with van der Waals surface area (Å²) in [5.74, 6) is 1.58. The Labute approximate surface area is 197 Å². The number of carbonyl (C=O) groups is 1. The van der Waals surface area contributed by atoms with E-state index in [0.29, 0.717) is 35.0 Å². The van der Waals surface area contributed by atoms with Crippen LogP contribution in [0.3, 0.4) is 0 Å². The molecule has 1 amide bonds. The summed E-state index contributed by atoms with van der Waals surface area (Å²) < 4.78 is 11.3. The number of nitrogens with zero attached hydrogens (tertiary/aromatic N) is 4. The van der Waals surface area contributed by atoms with Gasteiger partial charge in [-0.2, -0.15) is 10.2 Å². The highest BCUT2D eigenvalue weighted by Crippen LogP contribution is 2.50. The van der Waals surface area contributed by atoms with Crippen molar-refractivity contribution < 1.29 is 19.2 Å². The molecule has 0 bridgehead atoms. The topological polar surface area (TPSA) is 112 Å². The van der Waals surface area contributed by atoms with Crippen LogP contribution in [0.15, 0.2) is 40.9 Å². The highest BCUT2D eigenvalue weighted by atomic mass is 16.5. The summed E-state index contributed by atoms with van der Waals surface area (Å²) >= 11 is 0. The summed E-state index contributed by atoms with van der Waals surface area (Å²) in [6.07, 6.45) is 1.18. The number of carbonyl (C=O) groups excluding carboxylic acids is 1. The van der Waals surface area contributed by atoms with Gasteiger partial charge in [0, 0.05) is 17.5 Å². The molecule has 1 N–H and O–H groups in total. The zero-order valence-electron chi connectivity index (χ0n) is 19.4. The zero-order valence-corrected chi connectivity index (χ0v) is 19.4. The van der Waals surface area contributed by atoms with Gasteiger partial charge in [-0.3, -0.25) is 4.79 Å². The predicted molar refractivity (Wildman–Crippen MR) is 124 cm³/mol. The number of hydrogen-bond donors (Lipinski definition) is 1. The van der Waals surface area contributed by atoms with Gasteiger partial charge in [0.05, 0.1) is 30.4 Å². The second kappa shape index (κ2) is 8.58. The van der Waals surface area contributed by atoms with E-state index in [2.05, 4.69) is 16.2 Å². The fourth-order valence-corrected chi connectivity index (χ4v) is 5.16. The van der Waals surface area contributed by atoms with Crippen molar-refractivity contribution in [2.24, 2.45) is 5.92 Å². The van der Waals surface area contributed by atoms with Crippen LogP contribution in [0.4, 0.5) is 0 Å². The number of aromatic nitrogens is 2. The van der Waals surface area contributed by atoms with Gasteiger partial charge >= 0.3 is 0 Å². The predicted octanol–water partition coefficient (Wildman–Crippen LogP) is 3.89. The molecule has 2 aliphatic rings. The summed E-state index contributed by atoms with van der Waals surface area (Å²) in [7, 11) is 0. The molecule has 34 heavy (non-hydrogen) atoms. The van der Waals surface area contributed by atoms with Crippen LogP contribution < -0.4 is 4.74 Å². The maximum Gasteiger partial charge on any atom is 0.258 e. The van der Waals surface area contributed by atoms with Crippen molar-refractivity contribution in [2.45, 2.75) is 51.8 Å². The molecule has 3 atom stereocenters. The lowest BCUT2D eigenvalue weighted by atomic mass is 10.0. The van der Waals surface area contributed by atoms with Gasteiger partial charge in [0.1, 0.15) is 11.8 Å². The summed E-state index contributed by atoms with van der Waals surface area (Å²) in [6, 6.07) is 13.1. The Morgan fingerprint density at radius 2 is 2.09 bits per heavy atom. The molecule has 1 saturated heterocycles. The minimum absolute atomic E-state index is 0.0392. The number of hydrogen-bond acceptors (Lipinski definition) is 7. The third-order valence-corrected chi connectivity index (χ3v) is 6.58. The number of amides is 1. The van der Waals surface area contributed by atoms with Gasteiger partial charge in [-0.15, -0.1) is 0 Å². The molecule has 1 aromatic heterocycles. The van der Waals surface area contributed by atoms with Crippen molar-refractivity contribution in [1.82, 2.24) is 15.0 Å². The first-order valence-electron chi connectivity index (χ1n) is 11.5. The molecule has 5 rings (SSSR count). The summed E-state index contributed by atoms with van der Waals surface area (Å²) in [4.78, 5) is 19.0. The smallest absolute Gasteiger partial charge is 0.258 e. The first-order valence-corrected chi connectivity index (χ1v) is 11.5. The van der Waals surface area contributed by atoms with Crippen LogP contribution in [0, 0.1) is 17.2 Å². The minimum atomic E-state index is -0.231. The number of rotatable bonds is 6. The number of ether oxygens (including phenoxy) is 1. The maximum absolute atomic E-state index is 12.6. The van der Waals surface area contributed by atoms with Crippen molar-refractivity contribution in [3.05, 3.63) is 53.1 Å². The van der Waals surface area contributed by atoms with E-state index < -0.39 is 0 Å². The highest BCUT2D eigenvalue weighted by molar-refractivity contribution is 5.81. The van der Waals surface area contributed by atoms with Crippen LogP contribution in [-0.4, -0.2) is 44.8 Å². The van der Waals surface area contributed by atoms with Crippen LogP contribution in [-0.2, 0) is 11.2 Å². The van der Waals surface area contributed by atoms with E-state index >= 15 is 0 Å². The largest absolute Gasteiger partial charge is 0.490 e. The second-order valence-corrected chi connectivity index (χ2v) is 9.23. The van der Waals surface area contributed by atoms with Crippen LogP contribution in [0.5, 0.6) is 5.75 Å². The van der Waals surface area contributed by atoms with E-state index in [-0.39, 0.29) is 36.6 Å². The Hall–Kier alpha value is -3.70. The third-order valence-electron chi connectivity index (χ3n) is 6.58. The Bertz CT molecular complexity index is 1290. The first kappa shape index (κ1) is 22.1. The molecule has 8 nitrogen and oxygen atoms in total. The molecular weight excluding hydrogens is 432 g/mol. The number of nitriles is 1. The molecule has 174 valence electrons. The number of benzene rings is 2. The third kappa shape index (κ3) is 3.62. The van der Waals surface area contributed by atoms with Crippen molar-refractivity contribution in [3.8, 4) is 34.7 Å². The van der Waals surface area contributed by atoms with Gasteiger partial charge in [-0.1, -0.05) is 23.4 Å². The van der Waals surface area contributed by atoms with E-state index in [0.717, 1.165) is 23.1 Å². The zero-order chi connectivity index (χ0) is 24.0. The van der Waals surface area contributed by atoms with Crippen molar-refractivity contribution in [1.29, 1.82) is 5.26 Å². The standard InChI is InChI=1S/C26H26N4O4/c1-14(2)33-22-8-7-16(9-18(22)12-27)26-28-25(29-34-26)20-6-4-5-19-21(20)10-17-11-23(32)30(24(17)19)15(3)13-31/h4-9,14-15,17,24,31H,10-11,13H2,1-3H3/t15-,17?,24?/m1/s1. The van der Waals surface area contributed by atoms with E-state index in [1.807, 2.05) is 43.9 Å². The van der Waals surface area contributed by atoms with Crippen molar-refractivity contribution in [3.63, 3.8) is 0 Å². The Morgan fingerprint density at radius 3 is 2.82 bits per heavy atom. The molecule has 0 spiro atoms. The van der Waals surface area contributed by atoms with E-state index in [1.54, 1.807) is 18.2 Å². The molecule has 2 heterocycles. The maximum atomic E-state index is 12.6. The minimum Gasteiger partial charge on any atom is -0.490 e. The molecule has 0 saturated carbocycles. The number of fused-ring (bicyclic) bond motifs is 3. The molecule has 2 aromatic carbocycles. The fourth-order valence-electron chi connectivity index (χ4n) is 5.16. The molecule has 1 fully saturated rings. The summed E-state index contributed by atoms with van der Waals surface area (Å²) in [5.41, 5.74) is 4.13. The van der Waals surface area contributed by atoms with Gasteiger partial charge < -0.3 is 19.3 Å². The SMILES string of the molecule is CC(C)Oc1ccc(-c2nc(-c3cccc4c3CC3CC(=O)N([C@H](C)CO)C43)no2)cc1C#N. The quantitative estimate of drug-likeness (QED) is 0.596. The number of likely N-dealkylation sites (tertiary alicyclic amines) is 1. The number of aliphatic hydroxyl groups is 1. The van der Waals surface area contributed by atoms with Crippen LogP contribution in [0.1, 0.15) is 49.9 Å². The molecule has 1 aliphatic carbocycles. The Morgan fingerprint density at radius 1 is 1.26 bits per heavy atom. The lowest BCUT2D eigenvalue weighted by molar-refractivity contribution is -0.131. The van der Waals surface area contributed by atoms with E-state index in [1.165, 1.54) is 0 Å². The van der Waals surface area contributed by atoms with Crippen molar-refractivity contribution in [2.75, 3.05) is 6.61 Å². The molecule has 2 unspecified atom stereocenters. The Balaban J connectivity index is 1.48. The van der Waals surface area contributed by atoms with Crippen LogP contribution in [0.25, 0.3) is 22.8 Å². The lowest BCUT2D eigenvalue weighted by Gasteiger charge is -2.30.